The number of hydrogen-bond acceptors (Lipinski definition) is 3. The summed E-state index contributed by atoms with van der Waals surface area (Å²) in [5, 5.41) is 9.61. The van der Waals surface area contributed by atoms with E-state index in [9.17, 15) is 14.7 Å². The Labute approximate surface area is 65.4 Å². The molecule has 1 rings (SSSR count). The van der Waals surface area contributed by atoms with Crippen molar-refractivity contribution in [2.45, 2.75) is 32.3 Å². The molecule has 3 heteroatoms. The molecule has 0 aromatic heterocycles. The van der Waals surface area contributed by atoms with E-state index in [4.69, 9.17) is 0 Å². The zero-order valence-corrected chi connectivity index (χ0v) is 6.76. The molecule has 1 fully saturated rings. The molecule has 0 aromatic rings. The fraction of sp³-hybridized carbons (Fsp3) is 0.750. The van der Waals surface area contributed by atoms with Crippen molar-refractivity contribution in [1.29, 1.82) is 0 Å². The summed E-state index contributed by atoms with van der Waals surface area (Å²) in [6, 6.07) is 0. The highest BCUT2D eigenvalue weighted by Crippen LogP contribution is 2.29. The zero-order chi connectivity index (χ0) is 8.65. The van der Waals surface area contributed by atoms with Crippen molar-refractivity contribution < 1.29 is 14.7 Å². The molecule has 0 radical (unpaired) electrons. The fourth-order valence-corrected chi connectivity index (χ4v) is 1.41. The Morgan fingerprint density at radius 2 is 1.64 bits per heavy atom. The molecule has 0 amide bonds. The third-order valence-corrected chi connectivity index (χ3v) is 2.26. The second kappa shape index (κ2) is 2.41. The zero-order valence-electron chi connectivity index (χ0n) is 6.76. The van der Waals surface area contributed by atoms with E-state index >= 15 is 0 Å². The van der Waals surface area contributed by atoms with Crippen LogP contribution in [0.5, 0.6) is 0 Å². The molecule has 0 atom stereocenters. The average Bonchev–Trinajstić information content (AvgIpc) is 2.18. The van der Waals surface area contributed by atoms with Gasteiger partial charge in [0.15, 0.2) is 17.2 Å². The van der Waals surface area contributed by atoms with Gasteiger partial charge in [0, 0.05) is 12.8 Å². The molecule has 0 bridgehead atoms. The molecule has 0 aromatic carbocycles. The highest BCUT2D eigenvalue weighted by Gasteiger charge is 2.49. The minimum atomic E-state index is -1.67. The highest BCUT2D eigenvalue weighted by molar-refractivity contribution is 6.15. The Balaban J connectivity index is 2.98. The van der Waals surface area contributed by atoms with Crippen molar-refractivity contribution in [1.82, 2.24) is 0 Å². The summed E-state index contributed by atoms with van der Waals surface area (Å²) in [7, 11) is 0. The van der Waals surface area contributed by atoms with Gasteiger partial charge in [-0.2, -0.15) is 0 Å². The molecule has 1 N–H and O–H groups in total. The van der Waals surface area contributed by atoms with Gasteiger partial charge in [0.2, 0.25) is 0 Å². The first-order valence-electron chi connectivity index (χ1n) is 3.78. The van der Waals surface area contributed by atoms with Crippen molar-refractivity contribution >= 4 is 11.6 Å². The van der Waals surface area contributed by atoms with Gasteiger partial charge in [0.1, 0.15) is 0 Å². The molecule has 0 heterocycles. The van der Waals surface area contributed by atoms with E-state index in [-0.39, 0.29) is 30.3 Å². The molecule has 1 aliphatic carbocycles. The van der Waals surface area contributed by atoms with Crippen LogP contribution in [-0.2, 0) is 9.59 Å². The van der Waals surface area contributed by atoms with Gasteiger partial charge in [-0.15, -0.1) is 0 Å². The van der Waals surface area contributed by atoms with Gasteiger partial charge in [-0.1, -0.05) is 13.8 Å². The van der Waals surface area contributed by atoms with E-state index in [2.05, 4.69) is 0 Å². The summed E-state index contributed by atoms with van der Waals surface area (Å²) in [6.45, 7) is 3.36. The molecular formula is C8H12O3. The van der Waals surface area contributed by atoms with Crippen LogP contribution in [0.3, 0.4) is 0 Å². The molecule has 0 spiro atoms. The third kappa shape index (κ3) is 0.997. The largest absolute Gasteiger partial charge is 0.374 e. The Morgan fingerprint density at radius 1 is 1.27 bits per heavy atom. The first-order chi connectivity index (χ1) is 4.99. The van der Waals surface area contributed by atoms with Crippen LogP contribution in [0.2, 0.25) is 0 Å². The predicted molar refractivity (Wildman–Crippen MR) is 39.0 cm³/mol. The molecule has 1 aliphatic rings. The predicted octanol–water partition coefficient (Wildman–Crippen LogP) is 0.305. The Bertz CT molecular complexity index is 189. The maximum atomic E-state index is 11.1. The molecule has 0 aliphatic heterocycles. The minimum Gasteiger partial charge on any atom is -0.374 e. The Hall–Kier alpha value is -0.700. The van der Waals surface area contributed by atoms with Crippen LogP contribution in [0.25, 0.3) is 0 Å². The average molecular weight is 156 g/mol. The summed E-state index contributed by atoms with van der Waals surface area (Å²) < 4.78 is 0. The van der Waals surface area contributed by atoms with Crippen molar-refractivity contribution in [3.63, 3.8) is 0 Å². The summed E-state index contributed by atoms with van der Waals surface area (Å²) in [6.07, 6.45) is 0.404. The molecular weight excluding hydrogens is 144 g/mol. The van der Waals surface area contributed by atoms with E-state index in [1.807, 2.05) is 0 Å². The number of ketones is 2. The highest BCUT2D eigenvalue weighted by atomic mass is 16.3. The fourth-order valence-electron chi connectivity index (χ4n) is 1.41. The Morgan fingerprint density at radius 3 is 1.82 bits per heavy atom. The van der Waals surface area contributed by atoms with Gasteiger partial charge < -0.3 is 5.11 Å². The normalized spacial score (nSPS) is 23.3. The second-order valence-electron chi connectivity index (χ2n) is 3.27. The lowest BCUT2D eigenvalue weighted by molar-refractivity contribution is -0.148. The number of aliphatic hydroxyl groups is 1. The van der Waals surface area contributed by atoms with Gasteiger partial charge in [-0.05, 0) is 5.92 Å². The summed E-state index contributed by atoms with van der Waals surface area (Å²) in [4.78, 5) is 22.2. The summed E-state index contributed by atoms with van der Waals surface area (Å²) in [5.41, 5.74) is -1.67. The number of Topliss-reactive ketones (excluding diaryl/α,β-unsaturated/α-hetero) is 2. The monoisotopic (exact) mass is 156 g/mol. The van der Waals surface area contributed by atoms with Gasteiger partial charge in [0.05, 0.1) is 0 Å². The molecule has 62 valence electrons. The lowest BCUT2D eigenvalue weighted by atomic mass is 9.87. The lowest BCUT2D eigenvalue weighted by Gasteiger charge is -2.22. The molecule has 3 nitrogen and oxygen atoms in total. The number of rotatable bonds is 1. The standard InChI is InChI=1S/C8H12O3/c1-5(2)8(11)6(9)3-4-7(8)10/h5,11H,3-4H2,1-2H3. The minimum absolute atomic E-state index is 0.202. The number of carbonyl (C=O) groups is 2. The van der Waals surface area contributed by atoms with Crippen LogP contribution >= 0.6 is 0 Å². The smallest absolute Gasteiger partial charge is 0.183 e. The topological polar surface area (TPSA) is 54.4 Å². The van der Waals surface area contributed by atoms with Crippen LogP contribution in [0.1, 0.15) is 26.7 Å². The lowest BCUT2D eigenvalue weighted by Crippen LogP contribution is -2.45. The van der Waals surface area contributed by atoms with Crippen LogP contribution in [0.15, 0.2) is 0 Å². The van der Waals surface area contributed by atoms with Crippen molar-refractivity contribution in [2.75, 3.05) is 0 Å². The quantitative estimate of drug-likeness (QED) is 0.556. The van der Waals surface area contributed by atoms with Crippen LogP contribution in [0.4, 0.5) is 0 Å². The third-order valence-electron chi connectivity index (χ3n) is 2.26. The van der Waals surface area contributed by atoms with E-state index in [1.54, 1.807) is 13.8 Å². The van der Waals surface area contributed by atoms with Crippen molar-refractivity contribution in [3.05, 3.63) is 0 Å². The van der Waals surface area contributed by atoms with Gasteiger partial charge in [-0.25, -0.2) is 0 Å². The van der Waals surface area contributed by atoms with Gasteiger partial charge in [0.25, 0.3) is 0 Å². The van der Waals surface area contributed by atoms with Crippen LogP contribution in [-0.4, -0.2) is 22.3 Å². The van der Waals surface area contributed by atoms with Crippen LogP contribution < -0.4 is 0 Å². The number of hydrogen-bond donors (Lipinski definition) is 1. The van der Waals surface area contributed by atoms with Crippen molar-refractivity contribution in [3.8, 4) is 0 Å². The van der Waals surface area contributed by atoms with Gasteiger partial charge >= 0.3 is 0 Å². The second-order valence-corrected chi connectivity index (χ2v) is 3.27. The first-order valence-corrected chi connectivity index (χ1v) is 3.78. The number of carbonyl (C=O) groups excluding carboxylic acids is 2. The molecule has 11 heavy (non-hydrogen) atoms. The van der Waals surface area contributed by atoms with E-state index < -0.39 is 5.60 Å². The molecule has 1 saturated carbocycles. The van der Waals surface area contributed by atoms with Crippen molar-refractivity contribution in [2.24, 2.45) is 5.92 Å². The molecule has 0 unspecified atom stereocenters. The SMILES string of the molecule is CC(C)C1(O)C(=O)CCC1=O. The Kier molecular flexibility index (Phi) is 1.84. The summed E-state index contributed by atoms with van der Waals surface area (Å²) >= 11 is 0. The molecule has 0 saturated heterocycles. The first kappa shape index (κ1) is 8.40. The van der Waals surface area contributed by atoms with Gasteiger partial charge in [-0.3, -0.25) is 9.59 Å². The van der Waals surface area contributed by atoms with E-state index in [0.717, 1.165) is 0 Å². The summed E-state index contributed by atoms with van der Waals surface area (Å²) in [5.74, 6) is -0.944. The maximum absolute atomic E-state index is 11.1. The maximum Gasteiger partial charge on any atom is 0.183 e. The van der Waals surface area contributed by atoms with E-state index in [0.29, 0.717) is 0 Å². The van der Waals surface area contributed by atoms with Crippen LogP contribution in [0, 0.1) is 5.92 Å². The van der Waals surface area contributed by atoms with E-state index in [1.165, 1.54) is 0 Å².